The van der Waals surface area contributed by atoms with Crippen molar-refractivity contribution >= 4 is 21.6 Å². The fraction of sp³-hybridized carbons (Fsp3) is 0.588. The van der Waals surface area contributed by atoms with Gasteiger partial charge in [0.05, 0.1) is 26.0 Å². The predicted octanol–water partition coefficient (Wildman–Crippen LogP) is 0.836. The molecule has 2 rings (SSSR count). The highest BCUT2D eigenvalue weighted by atomic mass is 32.2. The van der Waals surface area contributed by atoms with E-state index in [1.165, 1.54) is 4.31 Å². The zero-order chi connectivity index (χ0) is 18.4. The molecular weight excluding hydrogens is 342 g/mol. The van der Waals surface area contributed by atoms with Gasteiger partial charge >= 0.3 is 0 Å². The Kier molecular flexibility index (Phi) is 6.95. The van der Waals surface area contributed by atoms with Crippen molar-refractivity contribution in [1.29, 1.82) is 0 Å². The van der Waals surface area contributed by atoms with E-state index in [1.807, 2.05) is 32.0 Å². The van der Waals surface area contributed by atoms with E-state index in [-0.39, 0.29) is 12.5 Å². The van der Waals surface area contributed by atoms with Crippen molar-refractivity contribution in [2.45, 2.75) is 13.8 Å². The summed E-state index contributed by atoms with van der Waals surface area (Å²) in [5, 5.41) is 2.81. The van der Waals surface area contributed by atoms with Crippen LogP contribution in [-0.2, 0) is 19.6 Å². The van der Waals surface area contributed by atoms with Gasteiger partial charge in [-0.3, -0.25) is 9.69 Å². The Balaban J connectivity index is 1.96. The van der Waals surface area contributed by atoms with E-state index in [2.05, 4.69) is 10.2 Å². The molecule has 0 bridgehead atoms. The first-order valence-corrected chi connectivity index (χ1v) is 10.2. The number of anilines is 1. The molecule has 1 aliphatic rings. The number of hydrogen-bond acceptors (Lipinski definition) is 5. The molecule has 1 fully saturated rings. The van der Waals surface area contributed by atoms with Crippen LogP contribution in [0.15, 0.2) is 18.2 Å². The predicted molar refractivity (Wildman–Crippen MR) is 98.2 cm³/mol. The van der Waals surface area contributed by atoms with Gasteiger partial charge in [0.15, 0.2) is 0 Å². The summed E-state index contributed by atoms with van der Waals surface area (Å²) in [6, 6.07) is 5.78. The molecule has 1 heterocycles. The van der Waals surface area contributed by atoms with Gasteiger partial charge in [0.1, 0.15) is 0 Å². The first-order chi connectivity index (χ1) is 11.8. The molecule has 0 atom stereocenters. The second-order valence-corrected chi connectivity index (χ2v) is 8.40. The third kappa shape index (κ3) is 6.39. The van der Waals surface area contributed by atoms with Crippen LogP contribution in [0.5, 0.6) is 0 Å². The molecule has 1 aliphatic heterocycles. The molecule has 0 radical (unpaired) electrons. The molecule has 0 saturated carbocycles. The normalized spacial score (nSPS) is 16.2. The SMILES string of the molecule is Cc1ccc(C)c(NC(=O)CN(CCN2CCOCC2)S(C)(=O)=O)c1. The van der Waals surface area contributed by atoms with Gasteiger partial charge in [-0.25, -0.2) is 8.42 Å². The molecule has 1 N–H and O–H groups in total. The monoisotopic (exact) mass is 369 g/mol. The van der Waals surface area contributed by atoms with Crippen molar-refractivity contribution < 1.29 is 17.9 Å². The highest BCUT2D eigenvalue weighted by Crippen LogP contribution is 2.16. The van der Waals surface area contributed by atoms with Crippen LogP contribution in [0, 0.1) is 13.8 Å². The lowest BCUT2D eigenvalue weighted by Crippen LogP contribution is -2.45. The number of ether oxygens (including phenoxy) is 1. The summed E-state index contributed by atoms with van der Waals surface area (Å²) in [5.74, 6) is -0.332. The van der Waals surface area contributed by atoms with Gasteiger partial charge in [0, 0.05) is 31.9 Å². The third-order valence-corrected chi connectivity index (χ3v) is 5.48. The number of nitrogens with zero attached hydrogens (tertiary/aromatic N) is 2. The number of nitrogens with one attached hydrogen (secondary N) is 1. The van der Waals surface area contributed by atoms with Crippen molar-refractivity contribution in [3.8, 4) is 0 Å². The first kappa shape index (κ1) is 19.8. The van der Waals surface area contributed by atoms with E-state index in [1.54, 1.807) is 0 Å². The average molecular weight is 369 g/mol. The summed E-state index contributed by atoms with van der Waals surface area (Å²) in [4.78, 5) is 14.5. The Morgan fingerprint density at radius 2 is 1.96 bits per heavy atom. The van der Waals surface area contributed by atoms with Crippen LogP contribution >= 0.6 is 0 Å². The Labute approximate surface area is 150 Å². The lowest BCUT2D eigenvalue weighted by molar-refractivity contribution is -0.116. The van der Waals surface area contributed by atoms with Crippen LogP contribution in [-0.4, -0.2) is 75.7 Å². The van der Waals surface area contributed by atoms with E-state index in [4.69, 9.17) is 4.74 Å². The van der Waals surface area contributed by atoms with Crippen LogP contribution in [0.2, 0.25) is 0 Å². The van der Waals surface area contributed by atoms with Crippen LogP contribution in [0.1, 0.15) is 11.1 Å². The quantitative estimate of drug-likeness (QED) is 0.770. The number of aryl methyl sites for hydroxylation is 2. The number of hydrogen-bond donors (Lipinski definition) is 1. The fourth-order valence-electron chi connectivity index (χ4n) is 2.66. The maximum absolute atomic E-state index is 12.3. The Morgan fingerprint density at radius 3 is 2.60 bits per heavy atom. The second-order valence-electron chi connectivity index (χ2n) is 6.42. The van der Waals surface area contributed by atoms with Gasteiger partial charge in [-0.2, -0.15) is 4.31 Å². The molecule has 1 aromatic carbocycles. The van der Waals surface area contributed by atoms with E-state index in [9.17, 15) is 13.2 Å². The molecule has 1 aromatic rings. The van der Waals surface area contributed by atoms with Gasteiger partial charge in [-0.05, 0) is 31.0 Å². The van der Waals surface area contributed by atoms with Gasteiger partial charge in [-0.15, -0.1) is 0 Å². The maximum atomic E-state index is 12.3. The van der Waals surface area contributed by atoms with Gasteiger partial charge in [0.2, 0.25) is 15.9 Å². The second kappa shape index (κ2) is 8.75. The number of carbonyl (C=O) groups excluding carboxylic acids is 1. The number of benzene rings is 1. The highest BCUT2D eigenvalue weighted by Gasteiger charge is 2.22. The van der Waals surface area contributed by atoms with Gasteiger partial charge in [-0.1, -0.05) is 12.1 Å². The lowest BCUT2D eigenvalue weighted by Gasteiger charge is -2.29. The number of amides is 1. The van der Waals surface area contributed by atoms with Crippen molar-refractivity contribution in [1.82, 2.24) is 9.21 Å². The van der Waals surface area contributed by atoms with Gasteiger partial charge < -0.3 is 10.1 Å². The average Bonchev–Trinajstić information content (AvgIpc) is 2.55. The zero-order valence-electron chi connectivity index (χ0n) is 15.1. The van der Waals surface area contributed by atoms with E-state index in [0.29, 0.717) is 32.0 Å². The van der Waals surface area contributed by atoms with Crippen molar-refractivity contribution in [2.75, 3.05) is 57.5 Å². The summed E-state index contributed by atoms with van der Waals surface area (Å²) in [5.41, 5.74) is 2.69. The van der Waals surface area contributed by atoms with Crippen LogP contribution in [0.25, 0.3) is 0 Å². The summed E-state index contributed by atoms with van der Waals surface area (Å²) in [6.07, 6.45) is 1.14. The molecule has 25 heavy (non-hydrogen) atoms. The summed E-state index contributed by atoms with van der Waals surface area (Å²) in [6.45, 7) is 7.43. The molecule has 7 nitrogen and oxygen atoms in total. The number of carbonyl (C=O) groups is 1. The Hall–Kier alpha value is -1.48. The minimum absolute atomic E-state index is 0.184. The molecule has 0 unspecified atom stereocenters. The van der Waals surface area contributed by atoms with Crippen molar-refractivity contribution in [3.05, 3.63) is 29.3 Å². The zero-order valence-corrected chi connectivity index (χ0v) is 15.9. The first-order valence-electron chi connectivity index (χ1n) is 8.38. The molecule has 1 amide bonds. The third-order valence-electron chi connectivity index (χ3n) is 4.23. The number of sulfonamides is 1. The molecule has 0 spiro atoms. The van der Waals surface area contributed by atoms with E-state index >= 15 is 0 Å². The minimum Gasteiger partial charge on any atom is -0.379 e. The molecule has 0 aliphatic carbocycles. The largest absolute Gasteiger partial charge is 0.379 e. The molecule has 140 valence electrons. The van der Waals surface area contributed by atoms with Crippen LogP contribution in [0.3, 0.4) is 0 Å². The topological polar surface area (TPSA) is 79.0 Å². The number of morpholine rings is 1. The Morgan fingerprint density at radius 1 is 1.28 bits per heavy atom. The molecule has 0 aromatic heterocycles. The smallest absolute Gasteiger partial charge is 0.239 e. The van der Waals surface area contributed by atoms with Crippen LogP contribution < -0.4 is 5.32 Å². The van der Waals surface area contributed by atoms with Gasteiger partial charge in [0.25, 0.3) is 0 Å². The van der Waals surface area contributed by atoms with E-state index < -0.39 is 10.0 Å². The summed E-state index contributed by atoms with van der Waals surface area (Å²) < 4.78 is 30.5. The summed E-state index contributed by atoms with van der Waals surface area (Å²) >= 11 is 0. The summed E-state index contributed by atoms with van der Waals surface area (Å²) in [7, 11) is -3.46. The van der Waals surface area contributed by atoms with E-state index in [0.717, 1.165) is 30.5 Å². The lowest BCUT2D eigenvalue weighted by atomic mass is 10.1. The maximum Gasteiger partial charge on any atom is 0.239 e. The van der Waals surface area contributed by atoms with Crippen molar-refractivity contribution in [3.63, 3.8) is 0 Å². The number of rotatable bonds is 7. The molecule has 8 heteroatoms. The van der Waals surface area contributed by atoms with Crippen molar-refractivity contribution in [2.24, 2.45) is 0 Å². The highest BCUT2D eigenvalue weighted by molar-refractivity contribution is 7.88. The van der Waals surface area contributed by atoms with Crippen LogP contribution in [0.4, 0.5) is 5.69 Å². The fourth-order valence-corrected chi connectivity index (χ4v) is 3.43. The minimum atomic E-state index is -3.46. The Bertz CT molecular complexity index is 700. The molecule has 1 saturated heterocycles. The molecular formula is C17H27N3O4S. The standard InChI is InChI=1S/C17H27N3O4S/c1-14-4-5-15(2)16(12-14)18-17(21)13-20(25(3,22)23)7-6-19-8-10-24-11-9-19/h4-5,12H,6-11,13H2,1-3H3,(H,18,21).